The standard InChI is InChI=1S/C21H28N6O/c1-3-17-18(4-2)23-24-21(22-17)26-13-11-25(12-14-26)15-20(28)27-10-9-16-7-5-6-8-19(16)27/h5-8H,3-4,9-15H2,1-2H3. The molecule has 2 aromatic rings. The molecule has 1 amide bonds. The van der Waals surface area contributed by atoms with E-state index >= 15 is 0 Å². The fraction of sp³-hybridized carbons (Fsp3) is 0.524. The molecule has 2 aliphatic heterocycles. The van der Waals surface area contributed by atoms with Gasteiger partial charge in [0.1, 0.15) is 0 Å². The quantitative estimate of drug-likeness (QED) is 0.787. The lowest BCUT2D eigenvalue weighted by molar-refractivity contribution is -0.119. The van der Waals surface area contributed by atoms with Gasteiger partial charge in [-0.15, -0.1) is 5.10 Å². The summed E-state index contributed by atoms with van der Waals surface area (Å²) in [6.07, 6.45) is 2.68. The van der Waals surface area contributed by atoms with Crippen molar-refractivity contribution in [3.05, 3.63) is 41.2 Å². The van der Waals surface area contributed by atoms with Crippen molar-refractivity contribution in [3.8, 4) is 0 Å². The number of anilines is 2. The number of para-hydroxylation sites is 1. The highest BCUT2D eigenvalue weighted by Crippen LogP contribution is 2.27. The molecule has 0 bridgehead atoms. The third kappa shape index (κ3) is 3.71. The smallest absolute Gasteiger partial charge is 0.245 e. The zero-order valence-electron chi connectivity index (χ0n) is 16.8. The first-order valence-corrected chi connectivity index (χ1v) is 10.3. The SMILES string of the molecule is CCc1nnc(N2CCN(CC(=O)N3CCc4ccccc43)CC2)nc1CC. The number of fused-ring (bicyclic) bond motifs is 1. The monoisotopic (exact) mass is 380 g/mol. The van der Waals surface area contributed by atoms with Crippen LogP contribution in [0.15, 0.2) is 24.3 Å². The van der Waals surface area contributed by atoms with Gasteiger partial charge in [0.05, 0.1) is 17.9 Å². The van der Waals surface area contributed by atoms with Crippen LogP contribution < -0.4 is 9.80 Å². The van der Waals surface area contributed by atoms with Crippen molar-refractivity contribution in [2.24, 2.45) is 0 Å². The summed E-state index contributed by atoms with van der Waals surface area (Å²) < 4.78 is 0. The number of aryl methyl sites for hydroxylation is 2. The Balaban J connectivity index is 1.34. The molecule has 148 valence electrons. The van der Waals surface area contributed by atoms with E-state index in [1.165, 1.54) is 5.56 Å². The highest BCUT2D eigenvalue weighted by atomic mass is 16.2. The van der Waals surface area contributed by atoms with E-state index in [2.05, 4.69) is 39.9 Å². The molecule has 0 unspecified atom stereocenters. The van der Waals surface area contributed by atoms with Crippen molar-refractivity contribution < 1.29 is 4.79 Å². The maximum Gasteiger partial charge on any atom is 0.245 e. The molecule has 4 rings (SSSR count). The Bertz CT molecular complexity index is 847. The average molecular weight is 380 g/mol. The largest absolute Gasteiger partial charge is 0.337 e. The van der Waals surface area contributed by atoms with E-state index in [1.807, 2.05) is 23.1 Å². The molecule has 3 heterocycles. The maximum atomic E-state index is 12.8. The van der Waals surface area contributed by atoms with Crippen molar-refractivity contribution in [2.45, 2.75) is 33.1 Å². The summed E-state index contributed by atoms with van der Waals surface area (Å²) in [4.78, 5) is 23.9. The number of benzene rings is 1. The lowest BCUT2D eigenvalue weighted by atomic mass is 10.2. The van der Waals surface area contributed by atoms with Gasteiger partial charge in [-0.3, -0.25) is 9.69 Å². The van der Waals surface area contributed by atoms with E-state index in [0.29, 0.717) is 12.5 Å². The lowest BCUT2D eigenvalue weighted by Crippen LogP contribution is -2.50. The molecule has 28 heavy (non-hydrogen) atoms. The highest BCUT2D eigenvalue weighted by molar-refractivity contribution is 5.96. The van der Waals surface area contributed by atoms with Gasteiger partial charge in [-0.25, -0.2) is 4.98 Å². The fourth-order valence-corrected chi connectivity index (χ4v) is 4.04. The molecular weight excluding hydrogens is 352 g/mol. The number of carbonyl (C=O) groups excluding carboxylic acids is 1. The van der Waals surface area contributed by atoms with E-state index in [0.717, 1.165) is 69.1 Å². The minimum atomic E-state index is 0.192. The van der Waals surface area contributed by atoms with Crippen LogP contribution in [0.1, 0.15) is 30.8 Å². The Hall–Kier alpha value is -2.54. The minimum absolute atomic E-state index is 0.192. The van der Waals surface area contributed by atoms with Crippen molar-refractivity contribution >= 4 is 17.5 Å². The summed E-state index contributed by atoms with van der Waals surface area (Å²) in [6.45, 7) is 8.76. The first kappa shape index (κ1) is 18.8. The zero-order chi connectivity index (χ0) is 19.5. The van der Waals surface area contributed by atoms with Crippen LogP contribution in [-0.4, -0.2) is 65.3 Å². The molecule has 1 aromatic carbocycles. The van der Waals surface area contributed by atoms with Crippen LogP contribution >= 0.6 is 0 Å². The first-order chi connectivity index (χ1) is 13.7. The summed E-state index contributed by atoms with van der Waals surface area (Å²) in [5, 5.41) is 8.68. The summed E-state index contributed by atoms with van der Waals surface area (Å²) in [5.41, 5.74) is 4.38. The summed E-state index contributed by atoms with van der Waals surface area (Å²) in [7, 11) is 0. The number of piperazine rings is 1. The normalized spacial score (nSPS) is 17.1. The van der Waals surface area contributed by atoms with Crippen LogP contribution in [-0.2, 0) is 24.1 Å². The molecule has 0 spiro atoms. The molecule has 1 fully saturated rings. The van der Waals surface area contributed by atoms with E-state index in [1.54, 1.807) is 0 Å². The van der Waals surface area contributed by atoms with E-state index in [9.17, 15) is 4.79 Å². The van der Waals surface area contributed by atoms with Gasteiger partial charge < -0.3 is 9.80 Å². The van der Waals surface area contributed by atoms with Gasteiger partial charge in [0.15, 0.2) is 0 Å². The number of amides is 1. The molecule has 0 saturated carbocycles. The molecule has 7 nitrogen and oxygen atoms in total. The Morgan fingerprint density at radius 2 is 1.71 bits per heavy atom. The summed E-state index contributed by atoms with van der Waals surface area (Å²) in [5.74, 6) is 0.908. The summed E-state index contributed by atoms with van der Waals surface area (Å²) in [6, 6.07) is 8.21. The number of hydrogen-bond donors (Lipinski definition) is 0. The number of carbonyl (C=O) groups is 1. The second-order valence-electron chi connectivity index (χ2n) is 7.40. The molecular formula is C21H28N6O. The summed E-state index contributed by atoms with van der Waals surface area (Å²) >= 11 is 0. The molecule has 0 atom stereocenters. The molecule has 7 heteroatoms. The van der Waals surface area contributed by atoms with Gasteiger partial charge in [0.2, 0.25) is 11.9 Å². The average Bonchev–Trinajstić information content (AvgIpc) is 3.18. The van der Waals surface area contributed by atoms with Gasteiger partial charge in [-0.05, 0) is 30.9 Å². The maximum absolute atomic E-state index is 12.8. The molecule has 0 radical (unpaired) electrons. The van der Waals surface area contributed by atoms with Gasteiger partial charge in [0.25, 0.3) is 0 Å². The van der Waals surface area contributed by atoms with E-state index in [4.69, 9.17) is 4.98 Å². The third-order valence-electron chi connectivity index (χ3n) is 5.70. The highest BCUT2D eigenvalue weighted by Gasteiger charge is 2.27. The van der Waals surface area contributed by atoms with Crippen molar-refractivity contribution in [1.29, 1.82) is 0 Å². The van der Waals surface area contributed by atoms with Gasteiger partial charge in [-0.2, -0.15) is 5.10 Å². The second-order valence-corrected chi connectivity index (χ2v) is 7.40. The predicted octanol–water partition coefficient (Wildman–Crippen LogP) is 1.71. The van der Waals surface area contributed by atoms with Crippen LogP contribution in [0.3, 0.4) is 0 Å². The van der Waals surface area contributed by atoms with E-state index in [-0.39, 0.29) is 5.91 Å². The Morgan fingerprint density at radius 1 is 0.964 bits per heavy atom. The molecule has 1 saturated heterocycles. The zero-order valence-corrected chi connectivity index (χ0v) is 16.8. The molecule has 2 aliphatic rings. The van der Waals surface area contributed by atoms with Gasteiger partial charge in [-0.1, -0.05) is 32.0 Å². The topological polar surface area (TPSA) is 65.5 Å². The Kier molecular flexibility index (Phi) is 5.52. The van der Waals surface area contributed by atoms with Gasteiger partial charge >= 0.3 is 0 Å². The number of rotatable bonds is 5. The molecule has 0 aliphatic carbocycles. The van der Waals surface area contributed by atoms with Crippen molar-refractivity contribution in [2.75, 3.05) is 49.1 Å². The van der Waals surface area contributed by atoms with Crippen LogP contribution in [0.5, 0.6) is 0 Å². The van der Waals surface area contributed by atoms with Crippen LogP contribution in [0, 0.1) is 0 Å². The fourth-order valence-electron chi connectivity index (χ4n) is 4.04. The molecule has 0 N–H and O–H groups in total. The molecule has 1 aromatic heterocycles. The number of nitrogens with zero attached hydrogens (tertiary/aromatic N) is 6. The number of aromatic nitrogens is 3. The van der Waals surface area contributed by atoms with Crippen LogP contribution in [0.4, 0.5) is 11.6 Å². The first-order valence-electron chi connectivity index (χ1n) is 10.3. The van der Waals surface area contributed by atoms with Crippen LogP contribution in [0.2, 0.25) is 0 Å². The van der Waals surface area contributed by atoms with Crippen molar-refractivity contribution in [1.82, 2.24) is 20.1 Å². The lowest BCUT2D eigenvalue weighted by Gasteiger charge is -2.35. The number of hydrogen-bond acceptors (Lipinski definition) is 6. The second kappa shape index (κ2) is 8.22. The van der Waals surface area contributed by atoms with Crippen molar-refractivity contribution in [3.63, 3.8) is 0 Å². The predicted molar refractivity (Wildman–Crippen MR) is 110 cm³/mol. The van der Waals surface area contributed by atoms with Gasteiger partial charge in [0, 0.05) is 38.4 Å². The Morgan fingerprint density at radius 3 is 2.46 bits per heavy atom. The van der Waals surface area contributed by atoms with E-state index < -0.39 is 0 Å². The third-order valence-corrected chi connectivity index (χ3v) is 5.70. The van der Waals surface area contributed by atoms with Crippen LogP contribution in [0.25, 0.3) is 0 Å². The Labute approximate surface area is 166 Å². The minimum Gasteiger partial charge on any atom is -0.337 e.